The number of phenols is 2. The number of aromatic hydroxyl groups is 2. The van der Waals surface area contributed by atoms with E-state index in [0.717, 1.165) is 22.1 Å². The molecule has 4 N–H and O–H groups in total. The number of esters is 2. The van der Waals surface area contributed by atoms with Gasteiger partial charge in [-0.1, -0.05) is 24.3 Å². The third-order valence-electron chi connectivity index (χ3n) is 6.15. The van der Waals surface area contributed by atoms with Crippen molar-refractivity contribution in [3.63, 3.8) is 0 Å². The smallest absolute Gasteiger partial charge is 0.313 e. The van der Waals surface area contributed by atoms with Crippen LogP contribution in [0.4, 0.5) is 11.4 Å². The molecule has 0 aliphatic rings. The Morgan fingerprint density at radius 3 is 1.51 bits per heavy atom. The fourth-order valence-corrected chi connectivity index (χ4v) is 4.13. The van der Waals surface area contributed by atoms with Gasteiger partial charge in [-0.05, 0) is 71.1 Å². The number of nitrogens with one attached hydrogen (secondary N) is 2. The summed E-state index contributed by atoms with van der Waals surface area (Å²) in [7, 11) is 3.65. The fraction of sp³-hybridized carbons (Fsp3) is 0.214. The average molecular weight is 473 g/mol. The van der Waals surface area contributed by atoms with E-state index in [4.69, 9.17) is 4.74 Å². The zero-order chi connectivity index (χ0) is 24.9. The topological polar surface area (TPSA) is 108 Å². The average Bonchev–Trinajstić information content (AvgIpc) is 2.87. The third kappa shape index (κ3) is 5.30. The Kier molecular flexibility index (Phi) is 7.06. The Hall–Kier alpha value is -4.26. The molecule has 4 rings (SSSR count). The van der Waals surface area contributed by atoms with E-state index in [0.29, 0.717) is 21.9 Å². The minimum atomic E-state index is -0.651. The minimum Gasteiger partial charge on any atom is -0.507 e. The number of benzene rings is 4. The van der Waals surface area contributed by atoms with Crippen LogP contribution in [0.15, 0.2) is 60.7 Å². The normalized spacial score (nSPS) is 10.9. The van der Waals surface area contributed by atoms with Gasteiger partial charge >= 0.3 is 11.9 Å². The molecular formula is C28H28N2O5. The number of phenolic OH excluding ortho intramolecular Hbond substituents is 2. The summed E-state index contributed by atoms with van der Waals surface area (Å²) in [5.41, 5.74) is 3.10. The van der Waals surface area contributed by atoms with Gasteiger partial charge in [0.1, 0.15) is 11.5 Å². The van der Waals surface area contributed by atoms with E-state index in [1.54, 1.807) is 12.1 Å². The molecule has 4 aromatic rings. The van der Waals surface area contributed by atoms with Crippen molar-refractivity contribution in [1.82, 2.24) is 0 Å². The highest BCUT2D eigenvalue weighted by Crippen LogP contribution is 2.32. The van der Waals surface area contributed by atoms with Gasteiger partial charge in [0.05, 0.1) is 12.8 Å². The molecule has 0 bridgehead atoms. The maximum absolute atomic E-state index is 12.2. The lowest BCUT2D eigenvalue weighted by Gasteiger charge is -2.10. The van der Waals surface area contributed by atoms with Crippen LogP contribution in [-0.2, 0) is 27.2 Å². The minimum absolute atomic E-state index is 0.0333. The third-order valence-corrected chi connectivity index (χ3v) is 6.15. The molecule has 180 valence electrons. The standard InChI is InChI=1S/C28H28N2O5/c1-29-21-9-11-23-19(15-21)5-3-17(27(23)33)7-13-25(31)35-26(32)14-8-18-4-6-20-16-22(30-2)10-12-24(20)28(18)34/h3-6,9-12,15-16,29-30,33-34H,7-8,13-14H2,1-2H3. The molecule has 0 spiro atoms. The summed E-state index contributed by atoms with van der Waals surface area (Å²) in [4.78, 5) is 24.4. The van der Waals surface area contributed by atoms with Gasteiger partial charge in [0.2, 0.25) is 0 Å². The number of rotatable bonds is 8. The van der Waals surface area contributed by atoms with Crippen LogP contribution in [0.1, 0.15) is 24.0 Å². The molecule has 0 unspecified atom stereocenters. The second-order valence-corrected chi connectivity index (χ2v) is 8.36. The maximum Gasteiger partial charge on any atom is 0.313 e. The monoisotopic (exact) mass is 472 g/mol. The second kappa shape index (κ2) is 10.3. The number of ether oxygens (including phenoxy) is 1. The molecule has 0 fully saturated rings. The van der Waals surface area contributed by atoms with Gasteiger partial charge in [-0.2, -0.15) is 0 Å². The van der Waals surface area contributed by atoms with Crippen molar-refractivity contribution < 1.29 is 24.5 Å². The van der Waals surface area contributed by atoms with Crippen molar-refractivity contribution in [2.45, 2.75) is 25.7 Å². The number of carbonyl (C=O) groups excluding carboxylic acids is 2. The van der Waals surface area contributed by atoms with Gasteiger partial charge in [0.15, 0.2) is 0 Å². The van der Waals surface area contributed by atoms with Crippen molar-refractivity contribution in [3.8, 4) is 11.5 Å². The molecule has 0 heterocycles. The predicted molar refractivity (Wildman–Crippen MR) is 138 cm³/mol. The summed E-state index contributed by atoms with van der Waals surface area (Å²) in [5, 5.41) is 30.4. The number of carbonyl (C=O) groups is 2. The lowest BCUT2D eigenvalue weighted by molar-refractivity contribution is -0.159. The van der Waals surface area contributed by atoms with E-state index in [-0.39, 0.29) is 37.2 Å². The van der Waals surface area contributed by atoms with Gasteiger partial charge in [0, 0.05) is 36.2 Å². The Morgan fingerprint density at radius 1 is 0.686 bits per heavy atom. The van der Waals surface area contributed by atoms with Crippen LogP contribution in [-0.4, -0.2) is 36.2 Å². The Balaban J connectivity index is 1.32. The van der Waals surface area contributed by atoms with E-state index in [2.05, 4.69) is 10.6 Å². The van der Waals surface area contributed by atoms with Crippen molar-refractivity contribution >= 4 is 44.9 Å². The summed E-state index contributed by atoms with van der Waals surface area (Å²) in [6.45, 7) is 0. The number of aryl methyl sites for hydroxylation is 2. The highest BCUT2D eigenvalue weighted by Gasteiger charge is 2.15. The van der Waals surface area contributed by atoms with E-state index in [9.17, 15) is 19.8 Å². The maximum atomic E-state index is 12.2. The molecule has 0 atom stereocenters. The SMILES string of the molecule is CNc1ccc2c(O)c(CCC(=O)OC(=O)CCc3ccc4cc(NC)ccc4c3O)ccc2c1. The molecular weight excluding hydrogens is 444 g/mol. The molecule has 4 aromatic carbocycles. The van der Waals surface area contributed by atoms with Gasteiger partial charge < -0.3 is 25.6 Å². The zero-order valence-corrected chi connectivity index (χ0v) is 19.7. The van der Waals surface area contributed by atoms with E-state index in [1.807, 2.05) is 62.6 Å². The number of hydrogen-bond donors (Lipinski definition) is 4. The van der Waals surface area contributed by atoms with Crippen LogP contribution in [0.25, 0.3) is 21.5 Å². The first-order chi connectivity index (χ1) is 16.9. The van der Waals surface area contributed by atoms with E-state index >= 15 is 0 Å². The largest absolute Gasteiger partial charge is 0.507 e. The van der Waals surface area contributed by atoms with Crippen molar-refractivity contribution in [2.75, 3.05) is 24.7 Å². The Labute approximate surface area is 203 Å². The van der Waals surface area contributed by atoms with Crippen LogP contribution in [0, 0.1) is 0 Å². The summed E-state index contributed by atoms with van der Waals surface area (Å²) in [6.07, 6.45) is 0.437. The first-order valence-corrected chi connectivity index (χ1v) is 11.5. The molecule has 0 aromatic heterocycles. The number of hydrogen-bond acceptors (Lipinski definition) is 7. The summed E-state index contributed by atoms with van der Waals surface area (Å²) in [6, 6.07) is 18.6. The van der Waals surface area contributed by atoms with Crippen molar-refractivity contribution in [3.05, 3.63) is 71.8 Å². The summed E-state index contributed by atoms with van der Waals surface area (Å²) in [5.74, 6) is -1.06. The van der Waals surface area contributed by atoms with E-state index < -0.39 is 11.9 Å². The molecule has 0 radical (unpaired) electrons. The second-order valence-electron chi connectivity index (χ2n) is 8.36. The summed E-state index contributed by atoms with van der Waals surface area (Å²) >= 11 is 0. The lowest BCUT2D eigenvalue weighted by atomic mass is 10.0. The molecule has 35 heavy (non-hydrogen) atoms. The van der Waals surface area contributed by atoms with Crippen LogP contribution < -0.4 is 10.6 Å². The van der Waals surface area contributed by atoms with E-state index in [1.165, 1.54) is 0 Å². The van der Waals surface area contributed by atoms with Gasteiger partial charge in [-0.25, -0.2) is 0 Å². The zero-order valence-electron chi connectivity index (χ0n) is 19.7. The van der Waals surface area contributed by atoms with Gasteiger partial charge in [-0.15, -0.1) is 0 Å². The molecule has 7 heteroatoms. The molecule has 0 aliphatic carbocycles. The lowest BCUT2D eigenvalue weighted by Crippen LogP contribution is -2.13. The number of anilines is 2. The fourth-order valence-electron chi connectivity index (χ4n) is 4.13. The molecule has 0 saturated heterocycles. The Bertz CT molecular complexity index is 1310. The van der Waals surface area contributed by atoms with Crippen molar-refractivity contribution in [1.29, 1.82) is 0 Å². The van der Waals surface area contributed by atoms with Crippen LogP contribution in [0.3, 0.4) is 0 Å². The Morgan fingerprint density at radius 2 is 1.11 bits per heavy atom. The first-order valence-electron chi connectivity index (χ1n) is 11.5. The van der Waals surface area contributed by atoms with Crippen LogP contribution >= 0.6 is 0 Å². The first kappa shape index (κ1) is 23.9. The van der Waals surface area contributed by atoms with Crippen LogP contribution in [0.5, 0.6) is 11.5 Å². The molecule has 0 amide bonds. The highest BCUT2D eigenvalue weighted by atomic mass is 16.6. The predicted octanol–water partition coefficient (Wildman–Crippen LogP) is 5.12. The highest BCUT2D eigenvalue weighted by molar-refractivity contribution is 5.93. The molecule has 7 nitrogen and oxygen atoms in total. The van der Waals surface area contributed by atoms with Crippen molar-refractivity contribution in [2.24, 2.45) is 0 Å². The number of fused-ring (bicyclic) bond motifs is 2. The quantitative estimate of drug-likeness (QED) is 0.208. The van der Waals surface area contributed by atoms with Gasteiger partial charge in [0.25, 0.3) is 0 Å². The van der Waals surface area contributed by atoms with Gasteiger partial charge in [-0.3, -0.25) is 9.59 Å². The molecule has 0 aliphatic heterocycles. The van der Waals surface area contributed by atoms with Crippen LogP contribution in [0.2, 0.25) is 0 Å². The summed E-state index contributed by atoms with van der Waals surface area (Å²) < 4.78 is 4.95. The molecule has 0 saturated carbocycles.